The minimum absolute atomic E-state index is 0.267. The second kappa shape index (κ2) is 5.44. The van der Waals surface area contributed by atoms with E-state index in [0.29, 0.717) is 17.0 Å². The Labute approximate surface area is 123 Å². The van der Waals surface area contributed by atoms with Crippen LogP contribution in [0, 0.1) is 5.92 Å². The van der Waals surface area contributed by atoms with Crippen LogP contribution >= 0.6 is 11.3 Å². The molecule has 2 aromatic heterocycles. The summed E-state index contributed by atoms with van der Waals surface area (Å²) in [6.07, 6.45) is 5.09. The van der Waals surface area contributed by atoms with Gasteiger partial charge in [-0.05, 0) is 28.3 Å². The molecular weight excluding hydrogens is 294 g/mol. The Kier molecular flexibility index (Phi) is 3.48. The topological polar surface area (TPSA) is 110 Å². The Morgan fingerprint density at radius 2 is 2.29 bits per heavy atom. The van der Waals surface area contributed by atoms with Crippen molar-refractivity contribution in [2.45, 2.75) is 12.5 Å². The number of hydrogen-bond donors (Lipinski definition) is 2. The number of thiophene rings is 1. The van der Waals surface area contributed by atoms with Gasteiger partial charge in [0, 0.05) is 6.04 Å². The van der Waals surface area contributed by atoms with E-state index in [9.17, 15) is 9.59 Å². The summed E-state index contributed by atoms with van der Waals surface area (Å²) < 4.78 is 1.41. The van der Waals surface area contributed by atoms with Gasteiger partial charge in [0.15, 0.2) is 0 Å². The van der Waals surface area contributed by atoms with E-state index in [-0.39, 0.29) is 11.9 Å². The second-order valence-corrected chi connectivity index (χ2v) is 5.45. The monoisotopic (exact) mass is 305 g/mol. The molecule has 2 atom stereocenters. The van der Waals surface area contributed by atoms with Crippen molar-refractivity contribution in [1.82, 2.24) is 25.5 Å². The van der Waals surface area contributed by atoms with Crippen LogP contribution in [0.4, 0.5) is 0 Å². The molecule has 2 N–H and O–H groups in total. The minimum atomic E-state index is -0.881. The molecule has 0 spiro atoms. The molecule has 1 aliphatic carbocycles. The van der Waals surface area contributed by atoms with Crippen LogP contribution in [0.1, 0.15) is 16.1 Å². The number of carboxylic acids is 1. The van der Waals surface area contributed by atoms with E-state index in [1.54, 1.807) is 23.6 Å². The average molecular weight is 305 g/mol. The number of carbonyl (C=O) groups excluding carboxylic acids is 1. The van der Waals surface area contributed by atoms with Crippen molar-refractivity contribution in [3.63, 3.8) is 0 Å². The highest BCUT2D eigenvalue weighted by molar-refractivity contribution is 7.12. The molecule has 8 nitrogen and oxygen atoms in total. The van der Waals surface area contributed by atoms with Gasteiger partial charge in [0.25, 0.3) is 5.91 Å². The van der Waals surface area contributed by atoms with Crippen LogP contribution in [0.25, 0.3) is 5.69 Å². The van der Waals surface area contributed by atoms with Crippen LogP contribution < -0.4 is 5.32 Å². The fraction of sp³-hybridized carbons (Fsp3) is 0.250. The Bertz CT molecular complexity index is 694. The standard InChI is InChI=1S/C12H11N5O3S/c18-11(14-8-2-1-7(5-8)12(19)20)10-9(3-4-21-10)17-6-13-15-16-17/h1-4,6-8H,5H2,(H,14,18)(H,19,20). The first-order chi connectivity index (χ1) is 10.1. The lowest BCUT2D eigenvalue weighted by Crippen LogP contribution is -2.33. The van der Waals surface area contributed by atoms with E-state index in [2.05, 4.69) is 20.8 Å². The van der Waals surface area contributed by atoms with Gasteiger partial charge in [0.1, 0.15) is 11.2 Å². The van der Waals surface area contributed by atoms with Gasteiger partial charge in [-0.1, -0.05) is 12.2 Å². The molecule has 0 aliphatic heterocycles. The van der Waals surface area contributed by atoms with Crippen LogP contribution in [0.5, 0.6) is 0 Å². The summed E-state index contributed by atoms with van der Waals surface area (Å²) in [7, 11) is 0. The van der Waals surface area contributed by atoms with Crippen molar-refractivity contribution in [3.05, 3.63) is 34.8 Å². The number of hydrogen-bond acceptors (Lipinski definition) is 6. The Morgan fingerprint density at radius 3 is 2.95 bits per heavy atom. The maximum Gasteiger partial charge on any atom is 0.310 e. The van der Waals surface area contributed by atoms with Gasteiger partial charge in [-0.3, -0.25) is 9.59 Å². The normalized spacial score (nSPS) is 20.6. The molecule has 0 saturated carbocycles. The molecule has 0 radical (unpaired) electrons. The van der Waals surface area contributed by atoms with E-state index in [1.807, 2.05) is 0 Å². The minimum Gasteiger partial charge on any atom is -0.481 e. The number of aromatic nitrogens is 4. The lowest BCUT2D eigenvalue weighted by atomic mass is 10.1. The molecule has 3 rings (SSSR count). The highest BCUT2D eigenvalue weighted by atomic mass is 32.1. The van der Waals surface area contributed by atoms with Crippen LogP contribution in [-0.4, -0.2) is 43.2 Å². The van der Waals surface area contributed by atoms with Gasteiger partial charge in [-0.25, -0.2) is 0 Å². The lowest BCUT2D eigenvalue weighted by Gasteiger charge is -2.12. The zero-order chi connectivity index (χ0) is 14.8. The van der Waals surface area contributed by atoms with Crippen molar-refractivity contribution < 1.29 is 14.7 Å². The average Bonchev–Trinajstić information content (AvgIpc) is 3.19. The molecule has 108 valence electrons. The molecule has 2 aromatic rings. The zero-order valence-corrected chi connectivity index (χ0v) is 11.5. The number of aliphatic carboxylic acids is 1. The van der Waals surface area contributed by atoms with Gasteiger partial charge in [-0.2, -0.15) is 4.68 Å². The first-order valence-electron chi connectivity index (χ1n) is 6.18. The first-order valence-corrected chi connectivity index (χ1v) is 7.06. The van der Waals surface area contributed by atoms with E-state index in [4.69, 9.17) is 5.11 Å². The van der Waals surface area contributed by atoms with E-state index in [1.165, 1.54) is 22.3 Å². The quantitative estimate of drug-likeness (QED) is 0.795. The van der Waals surface area contributed by atoms with Gasteiger partial charge in [0.2, 0.25) is 0 Å². The fourth-order valence-corrected chi connectivity index (χ4v) is 2.93. The SMILES string of the molecule is O=C(NC1C=CC(C(=O)O)C1)c1sccc1-n1cnnn1. The van der Waals surface area contributed by atoms with Crippen LogP contribution in [0.15, 0.2) is 29.9 Å². The highest BCUT2D eigenvalue weighted by Gasteiger charge is 2.26. The van der Waals surface area contributed by atoms with Gasteiger partial charge >= 0.3 is 5.97 Å². The summed E-state index contributed by atoms with van der Waals surface area (Å²) in [6, 6.07) is 1.47. The molecule has 1 amide bonds. The number of nitrogens with one attached hydrogen (secondary N) is 1. The number of nitrogens with zero attached hydrogens (tertiary/aromatic N) is 4. The van der Waals surface area contributed by atoms with Crippen molar-refractivity contribution in [1.29, 1.82) is 0 Å². The second-order valence-electron chi connectivity index (χ2n) is 4.53. The summed E-state index contributed by atoms with van der Waals surface area (Å²) >= 11 is 1.28. The Hall–Kier alpha value is -2.55. The van der Waals surface area contributed by atoms with Crippen LogP contribution in [0.2, 0.25) is 0 Å². The summed E-state index contributed by atoms with van der Waals surface area (Å²) in [5, 5.41) is 24.4. The highest BCUT2D eigenvalue weighted by Crippen LogP contribution is 2.22. The predicted molar refractivity (Wildman–Crippen MR) is 73.2 cm³/mol. The Balaban J connectivity index is 1.72. The molecule has 0 bridgehead atoms. The number of carbonyl (C=O) groups is 2. The van der Waals surface area contributed by atoms with Gasteiger partial charge in [0.05, 0.1) is 11.6 Å². The van der Waals surface area contributed by atoms with Crippen LogP contribution in [-0.2, 0) is 4.79 Å². The molecule has 2 heterocycles. The van der Waals surface area contributed by atoms with Crippen molar-refractivity contribution in [3.8, 4) is 5.69 Å². The van der Waals surface area contributed by atoms with E-state index < -0.39 is 11.9 Å². The lowest BCUT2D eigenvalue weighted by molar-refractivity contribution is -0.140. The molecular formula is C12H11N5O3S. The summed E-state index contributed by atoms with van der Waals surface area (Å²) in [5.41, 5.74) is 0.597. The third kappa shape index (κ3) is 2.68. The summed E-state index contributed by atoms with van der Waals surface area (Å²) in [6.45, 7) is 0. The van der Waals surface area contributed by atoms with E-state index >= 15 is 0 Å². The maximum atomic E-state index is 12.3. The molecule has 0 fully saturated rings. The molecule has 1 aliphatic rings. The van der Waals surface area contributed by atoms with Crippen LogP contribution in [0.3, 0.4) is 0 Å². The third-order valence-electron chi connectivity index (χ3n) is 3.16. The molecule has 0 saturated heterocycles. The third-order valence-corrected chi connectivity index (χ3v) is 4.07. The smallest absolute Gasteiger partial charge is 0.310 e. The molecule has 9 heteroatoms. The van der Waals surface area contributed by atoms with Crippen molar-refractivity contribution >= 4 is 23.2 Å². The number of tetrazole rings is 1. The summed E-state index contributed by atoms with van der Waals surface area (Å²) in [5.74, 6) is -1.69. The number of rotatable bonds is 4. The molecule has 2 unspecified atom stereocenters. The molecule has 0 aromatic carbocycles. The van der Waals surface area contributed by atoms with Gasteiger partial charge < -0.3 is 10.4 Å². The summed E-state index contributed by atoms with van der Waals surface area (Å²) in [4.78, 5) is 23.7. The van der Waals surface area contributed by atoms with Crippen molar-refractivity contribution in [2.24, 2.45) is 5.92 Å². The molecule has 21 heavy (non-hydrogen) atoms. The fourth-order valence-electron chi connectivity index (χ4n) is 2.15. The van der Waals surface area contributed by atoms with E-state index in [0.717, 1.165) is 0 Å². The Morgan fingerprint density at radius 1 is 1.43 bits per heavy atom. The number of carboxylic acid groups (broad SMARTS) is 1. The predicted octanol–water partition coefficient (Wildman–Crippen LogP) is 0.483. The van der Waals surface area contributed by atoms with Crippen molar-refractivity contribution in [2.75, 3.05) is 0 Å². The maximum absolute atomic E-state index is 12.3. The number of amides is 1. The van der Waals surface area contributed by atoms with Gasteiger partial charge in [-0.15, -0.1) is 16.4 Å². The largest absolute Gasteiger partial charge is 0.481 e. The zero-order valence-electron chi connectivity index (χ0n) is 10.7. The first kappa shape index (κ1) is 13.4.